The van der Waals surface area contributed by atoms with Gasteiger partial charge in [-0.15, -0.1) is 0 Å². The van der Waals surface area contributed by atoms with Crippen molar-refractivity contribution in [3.8, 4) is 5.88 Å². The van der Waals surface area contributed by atoms with Gasteiger partial charge in [-0.1, -0.05) is 18.2 Å². The molecular weight excluding hydrogens is 356 g/mol. The number of aryl methyl sites for hydroxylation is 1. The van der Waals surface area contributed by atoms with E-state index in [4.69, 9.17) is 16.3 Å². The van der Waals surface area contributed by atoms with E-state index in [2.05, 4.69) is 32.3 Å². The lowest BCUT2D eigenvalue weighted by Gasteiger charge is -2.29. The first kappa shape index (κ1) is 18.2. The molecule has 0 radical (unpaired) electrons. The lowest BCUT2D eigenvalue weighted by Crippen LogP contribution is -2.40. The highest BCUT2D eigenvalue weighted by Crippen LogP contribution is 2.28. The number of nitrogens with zero attached hydrogens (tertiary/aromatic N) is 4. The van der Waals surface area contributed by atoms with Crippen LogP contribution in [0.25, 0.3) is 0 Å². The molecule has 0 aromatic carbocycles. The van der Waals surface area contributed by atoms with Gasteiger partial charge >= 0.3 is 0 Å². The molecule has 2 atom stereocenters. The van der Waals surface area contributed by atoms with Crippen LogP contribution >= 0.6 is 11.6 Å². The maximum absolute atomic E-state index is 11.5. The molecule has 1 aliphatic carbocycles. The number of hydrogen-bond donors (Lipinski definition) is 2. The molecule has 2 aromatic rings. The van der Waals surface area contributed by atoms with E-state index in [0.717, 1.165) is 24.9 Å². The summed E-state index contributed by atoms with van der Waals surface area (Å²) in [6, 6.07) is 0.0628. The van der Waals surface area contributed by atoms with E-state index in [1.165, 1.54) is 12.3 Å². The average Bonchev–Trinajstić information content (AvgIpc) is 3.03. The predicted molar refractivity (Wildman–Crippen MR) is 98.5 cm³/mol. The maximum Gasteiger partial charge on any atom is 0.243 e. The first-order chi connectivity index (χ1) is 12.5. The van der Waals surface area contributed by atoms with Crippen LogP contribution in [0.2, 0.25) is 5.02 Å². The van der Waals surface area contributed by atoms with Crippen molar-refractivity contribution in [1.82, 2.24) is 25.1 Å². The monoisotopic (exact) mass is 376 g/mol. The summed E-state index contributed by atoms with van der Waals surface area (Å²) in [6.45, 7) is 3.48. The minimum atomic E-state index is -0.168. The summed E-state index contributed by atoms with van der Waals surface area (Å²) >= 11 is 6.19. The van der Waals surface area contributed by atoms with Crippen LogP contribution in [0.3, 0.4) is 0 Å². The van der Waals surface area contributed by atoms with Gasteiger partial charge < -0.3 is 15.4 Å². The lowest BCUT2D eigenvalue weighted by atomic mass is 9.93. The number of halogens is 1. The maximum atomic E-state index is 11.5. The van der Waals surface area contributed by atoms with Crippen LogP contribution < -0.4 is 15.4 Å². The zero-order valence-corrected chi connectivity index (χ0v) is 15.2. The smallest absolute Gasteiger partial charge is 0.243 e. The van der Waals surface area contributed by atoms with Gasteiger partial charge in [0.05, 0.1) is 18.1 Å². The molecular formula is C17H21ClN6O2. The Kier molecular flexibility index (Phi) is 5.72. The van der Waals surface area contributed by atoms with Gasteiger partial charge in [0.2, 0.25) is 17.7 Å². The molecule has 2 N–H and O–H groups in total. The molecule has 3 rings (SSSR count). The zero-order chi connectivity index (χ0) is 18.5. The van der Waals surface area contributed by atoms with E-state index in [-0.39, 0.29) is 18.1 Å². The molecule has 1 aliphatic rings. The predicted octanol–water partition coefficient (Wildman–Crippen LogP) is 2.60. The Hall–Kier alpha value is -2.61. The van der Waals surface area contributed by atoms with Crippen LogP contribution in [0, 0.1) is 0 Å². The van der Waals surface area contributed by atoms with Gasteiger partial charge in [-0.05, 0) is 25.3 Å². The summed E-state index contributed by atoms with van der Waals surface area (Å²) in [6.07, 6.45) is 9.65. The minimum absolute atomic E-state index is 0.0628. The van der Waals surface area contributed by atoms with Crippen LogP contribution in [-0.2, 0) is 11.8 Å². The number of aromatic nitrogens is 4. The molecule has 1 fully saturated rings. The van der Waals surface area contributed by atoms with Crippen LogP contribution in [-0.4, -0.2) is 37.8 Å². The molecule has 0 bridgehead atoms. The Morgan fingerprint density at radius 2 is 2.31 bits per heavy atom. The van der Waals surface area contributed by atoms with Crippen molar-refractivity contribution in [1.29, 1.82) is 0 Å². The minimum Gasteiger partial charge on any atom is -0.473 e. The molecule has 1 saturated carbocycles. The summed E-state index contributed by atoms with van der Waals surface area (Å²) in [5.74, 6) is 0.539. The second-order valence-corrected chi connectivity index (χ2v) is 6.60. The fraction of sp³-hybridized carbons (Fsp3) is 0.412. The van der Waals surface area contributed by atoms with Crippen LogP contribution in [0.1, 0.15) is 25.7 Å². The molecule has 26 heavy (non-hydrogen) atoms. The van der Waals surface area contributed by atoms with Gasteiger partial charge in [-0.25, -0.2) is 4.98 Å². The van der Waals surface area contributed by atoms with E-state index < -0.39 is 0 Å². The number of carbonyl (C=O) groups is 1. The standard InChI is InChI=1S/C17H21ClN6O2/c1-3-15(25)21-11-5-4-6-13(7-11)26-16-14(18)9-19-17(23-16)22-12-8-20-24(2)10-12/h3,8-11,13H,1,4-7H2,2H3,(H,21,25)(H,19,22,23). The molecule has 1 amide bonds. The number of ether oxygens (including phenoxy) is 1. The number of rotatable bonds is 6. The fourth-order valence-electron chi connectivity index (χ4n) is 2.91. The van der Waals surface area contributed by atoms with Crippen LogP contribution in [0.15, 0.2) is 31.2 Å². The van der Waals surface area contributed by atoms with Gasteiger partial charge in [0.1, 0.15) is 11.1 Å². The summed E-state index contributed by atoms with van der Waals surface area (Å²) < 4.78 is 7.67. The average molecular weight is 377 g/mol. The first-order valence-corrected chi connectivity index (χ1v) is 8.79. The van der Waals surface area contributed by atoms with Crippen molar-refractivity contribution in [2.75, 3.05) is 5.32 Å². The number of amides is 1. The molecule has 138 valence electrons. The number of hydrogen-bond acceptors (Lipinski definition) is 6. The summed E-state index contributed by atoms with van der Waals surface area (Å²) in [5, 5.41) is 10.4. The third-order valence-corrected chi connectivity index (χ3v) is 4.37. The quantitative estimate of drug-likeness (QED) is 0.752. The molecule has 2 heterocycles. The van der Waals surface area contributed by atoms with E-state index in [1.807, 2.05) is 13.2 Å². The lowest BCUT2D eigenvalue weighted by molar-refractivity contribution is -0.117. The number of carbonyl (C=O) groups excluding carboxylic acids is 1. The molecule has 2 aromatic heterocycles. The number of anilines is 2. The Labute approximate surface area is 156 Å². The van der Waals surface area contributed by atoms with Crippen LogP contribution in [0.4, 0.5) is 11.6 Å². The van der Waals surface area contributed by atoms with E-state index in [1.54, 1.807) is 10.9 Å². The highest BCUT2D eigenvalue weighted by molar-refractivity contribution is 6.31. The van der Waals surface area contributed by atoms with Crippen molar-refractivity contribution < 1.29 is 9.53 Å². The first-order valence-electron chi connectivity index (χ1n) is 8.41. The third kappa shape index (κ3) is 4.72. The van der Waals surface area contributed by atoms with Gasteiger partial charge in [0.25, 0.3) is 0 Å². The Morgan fingerprint density at radius 1 is 1.46 bits per heavy atom. The molecule has 0 spiro atoms. The van der Waals surface area contributed by atoms with Crippen molar-refractivity contribution in [2.24, 2.45) is 7.05 Å². The Morgan fingerprint density at radius 3 is 3.04 bits per heavy atom. The molecule has 2 unspecified atom stereocenters. The SMILES string of the molecule is C=CC(=O)NC1CCCC(Oc2nc(Nc3cnn(C)c3)ncc2Cl)C1. The highest BCUT2D eigenvalue weighted by Gasteiger charge is 2.25. The largest absolute Gasteiger partial charge is 0.473 e. The molecule has 0 saturated heterocycles. The zero-order valence-electron chi connectivity index (χ0n) is 14.5. The Bertz CT molecular complexity index is 793. The molecule has 0 aliphatic heterocycles. The fourth-order valence-corrected chi connectivity index (χ4v) is 3.05. The molecule has 9 heteroatoms. The summed E-state index contributed by atoms with van der Waals surface area (Å²) in [5.41, 5.74) is 0.769. The van der Waals surface area contributed by atoms with E-state index in [0.29, 0.717) is 23.3 Å². The summed E-state index contributed by atoms with van der Waals surface area (Å²) in [7, 11) is 1.83. The normalized spacial score (nSPS) is 19.6. The second kappa shape index (κ2) is 8.18. The van der Waals surface area contributed by atoms with Crippen molar-refractivity contribution in [3.05, 3.63) is 36.3 Å². The van der Waals surface area contributed by atoms with Gasteiger partial charge in [-0.2, -0.15) is 10.1 Å². The van der Waals surface area contributed by atoms with Gasteiger partial charge in [0, 0.05) is 25.7 Å². The topological polar surface area (TPSA) is 94.0 Å². The molecule has 8 nitrogen and oxygen atoms in total. The van der Waals surface area contributed by atoms with Gasteiger partial charge in [-0.3, -0.25) is 9.48 Å². The highest BCUT2D eigenvalue weighted by atomic mass is 35.5. The van der Waals surface area contributed by atoms with E-state index >= 15 is 0 Å². The number of nitrogens with one attached hydrogen (secondary N) is 2. The summed E-state index contributed by atoms with van der Waals surface area (Å²) in [4.78, 5) is 20.0. The van der Waals surface area contributed by atoms with Gasteiger partial charge in [0.15, 0.2) is 0 Å². The third-order valence-electron chi connectivity index (χ3n) is 4.11. The Balaban J connectivity index is 1.65. The van der Waals surface area contributed by atoms with Crippen molar-refractivity contribution in [2.45, 2.75) is 37.8 Å². The van der Waals surface area contributed by atoms with Crippen molar-refractivity contribution in [3.63, 3.8) is 0 Å². The second-order valence-electron chi connectivity index (χ2n) is 6.19. The van der Waals surface area contributed by atoms with Crippen molar-refractivity contribution >= 4 is 29.1 Å². The van der Waals surface area contributed by atoms with E-state index in [9.17, 15) is 4.79 Å². The van der Waals surface area contributed by atoms with Crippen LogP contribution in [0.5, 0.6) is 5.88 Å².